The molecule has 0 N–H and O–H groups in total. The molecule has 0 aliphatic rings. The zero-order valence-electron chi connectivity index (χ0n) is 14.5. The minimum atomic E-state index is -0.273. The standard InChI is InChI=1S/C17H18Cl2N4O3/c1-22(2)17(24)14(21-25-3)5-4-10-26-16-8-9-23(20-16)15-7-6-12(18)11-13(15)19/h4-9,11H,10H2,1-3H3. The molecule has 0 saturated carbocycles. The van der Waals surface area contributed by atoms with Gasteiger partial charge in [-0.15, -0.1) is 5.10 Å². The van der Waals surface area contributed by atoms with Crippen molar-refractivity contribution in [3.63, 3.8) is 0 Å². The van der Waals surface area contributed by atoms with Gasteiger partial charge in [0.15, 0.2) is 5.71 Å². The van der Waals surface area contributed by atoms with Gasteiger partial charge < -0.3 is 14.5 Å². The maximum absolute atomic E-state index is 11.9. The second kappa shape index (κ2) is 9.26. The van der Waals surface area contributed by atoms with Crippen molar-refractivity contribution in [2.75, 3.05) is 27.8 Å². The molecule has 1 heterocycles. The number of oxime groups is 1. The number of hydrogen-bond donors (Lipinski definition) is 0. The van der Waals surface area contributed by atoms with Gasteiger partial charge in [-0.1, -0.05) is 28.4 Å². The van der Waals surface area contributed by atoms with Crippen molar-refractivity contribution in [2.45, 2.75) is 0 Å². The van der Waals surface area contributed by atoms with Crippen LogP contribution < -0.4 is 4.74 Å². The molecule has 0 fully saturated rings. The monoisotopic (exact) mass is 396 g/mol. The van der Waals surface area contributed by atoms with E-state index in [9.17, 15) is 4.79 Å². The smallest absolute Gasteiger partial charge is 0.275 e. The summed E-state index contributed by atoms with van der Waals surface area (Å²) in [4.78, 5) is 18.0. The fraction of sp³-hybridized carbons (Fsp3) is 0.235. The fourth-order valence-corrected chi connectivity index (χ4v) is 2.44. The number of benzene rings is 1. The van der Waals surface area contributed by atoms with Gasteiger partial charge in [0.1, 0.15) is 13.7 Å². The van der Waals surface area contributed by atoms with Gasteiger partial charge in [-0.2, -0.15) is 0 Å². The predicted molar refractivity (Wildman–Crippen MR) is 101 cm³/mol. The number of rotatable bonds is 7. The van der Waals surface area contributed by atoms with Gasteiger partial charge >= 0.3 is 0 Å². The van der Waals surface area contributed by atoms with E-state index in [2.05, 4.69) is 15.1 Å². The van der Waals surface area contributed by atoms with Crippen LogP contribution in [0.3, 0.4) is 0 Å². The van der Waals surface area contributed by atoms with Crippen molar-refractivity contribution < 1.29 is 14.4 Å². The van der Waals surface area contributed by atoms with Crippen LogP contribution in [-0.4, -0.2) is 54.1 Å². The van der Waals surface area contributed by atoms with Gasteiger partial charge in [0, 0.05) is 31.4 Å². The van der Waals surface area contributed by atoms with Crippen LogP contribution in [0.4, 0.5) is 0 Å². The summed E-state index contributed by atoms with van der Waals surface area (Å²) >= 11 is 12.1. The van der Waals surface area contributed by atoms with E-state index in [0.717, 1.165) is 0 Å². The third-order valence-electron chi connectivity index (χ3n) is 3.14. The molecule has 26 heavy (non-hydrogen) atoms. The zero-order valence-corrected chi connectivity index (χ0v) is 16.0. The summed E-state index contributed by atoms with van der Waals surface area (Å²) in [6.07, 6.45) is 4.90. The highest BCUT2D eigenvalue weighted by molar-refractivity contribution is 6.43. The van der Waals surface area contributed by atoms with E-state index in [0.29, 0.717) is 21.6 Å². The van der Waals surface area contributed by atoms with Crippen LogP contribution in [0.1, 0.15) is 0 Å². The minimum absolute atomic E-state index is 0.166. The Kier molecular flexibility index (Phi) is 7.06. The number of ether oxygens (including phenoxy) is 1. The van der Waals surface area contributed by atoms with Crippen LogP contribution in [0.15, 0.2) is 47.8 Å². The summed E-state index contributed by atoms with van der Waals surface area (Å²) in [5.74, 6) is 0.134. The number of amides is 1. The third-order valence-corrected chi connectivity index (χ3v) is 3.68. The molecule has 1 aromatic carbocycles. The van der Waals surface area contributed by atoms with Crippen LogP contribution in [0, 0.1) is 0 Å². The van der Waals surface area contributed by atoms with E-state index in [1.54, 1.807) is 55.3 Å². The van der Waals surface area contributed by atoms with Gasteiger partial charge in [0.2, 0.25) is 5.88 Å². The number of halogens is 2. The van der Waals surface area contributed by atoms with E-state index in [4.69, 9.17) is 27.9 Å². The minimum Gasteiger partial charge on any atom is -0.472 e. The lowest BCUT2D eigenvalue weighted by Crippen LogP contribution is -2.29. The number of hydrogen-bond acceptors (Lipinski definition) is 5. The second-order valence-electron chi connectivity index (χ2n) is 5.27. The van der Waals surface area contributed by atoms with Gasteiger partial charge in [-0.25, -0.2) is 4.68 Å². The first kappa shape index (κ1) is 19.8. The maximum atomic E-state index is 11.9. The lowest BCUT2D eigenvalue weighted by molar-refractivity contribution is -0.121. The van der Waals surface area contributed by atoms with Gasteiger partial charge in [-0.05, 0) is 30.4 Å². The summed E-state index contributed by atoms with van der Waals surface area (Å²) in [6, 6.07) is 6.84. The molecule has 7 nitrogen and oxygen atoms in total. The molecule has 1 aromatic heterocycles. The van der Waals surface area contributed by atoms with Gasteiger partial charge in [-0.3, -0.25) is 4.79 Å². The summed E-state index contributed by atoms with van der Waals surface area (Å²) in [6.45, 7) is 0.203. The molecule has 0 radical (unpaired) electrons. The molecule has 0 aliphatic heterocycles. The van der Waals surface area contributed by atoms with Crippen LogP contribution in [0.25, 0.3) is 5.69 Å². The molecule has 0 bridgehead atoms. The van der Waals surface area contributed by atoms with Crippen LogP contribution in [0.2, 0.25) is 10.0 Å². The molecule has 9 heteroatoms. The molecule has 0 spiro atoms. The molecule has 0 atom stereocenters. The van der Waals surface area contributed by atoms with Crippen molar-refractivity contribution in [2.24, 2.45) is 5.16 Å². The number of carbonyl (C=O) groups excluding carboxylic acids is 1. The number of aromatic nitrogens is 2. The summed E-state index contributed by atoms with van der Waals surface area (Å²) in [7, 11) is 4.64. The largest absolute Gasteiger partial charge is 0.472 e. The Morgan fingerprint density at radius 2 is 2.12 bits per heavy atom. The Bertz CT molecular complexity index is 831. The molecule has 138 valence electrons. The summed E-state index contributed by atoms with van der Waals surface area (Å²) in [5.41, 5.74) is 0.854. The Morgan fingerprint density at radius 1 is 1.35 bits per heavy atom. The Hall–Kier alpha value is -2.51. The Morgan fingerprint density at radius 3 is 2.77 bits per heavy atom. The van der Waals surface area contributed by atoms with E-state index >= 15 is 0 Å². The average Bonchev–Trinajstić information content (AvgIpc) is 3.05. The summed E-state index contributed by atoms with van der Waals surface area (Å²) in [5, 5.41) is 9.01. The molecule has 0 unspecified atom stereocenters. The first-order chi connectivity index (χ1) is 12.4. The molecular weight excluding hydrogens is 379 g/mol. The Balaban J connectivity index is 1.99. The summed E-state index contributed by atoms with van der Waals surface area (Å²) < 4.78 is 7.12. The van der Waals surface area contributed by atoms with E-state index in [-0.39, 0.29) is 18.2 Å². The zero-order chi connectivity index (χ0) is 19.1. The fourth-order valence-electron chi connectivity index (χ4n) is 1.95. The van der Waals surface area contributed by atoms with E-state index < -0.39 is 0 Å². The quantitative estimate of drug-likeness (QED) is 0.532. The highest BCUT2D eigenvalue weighted by Crippen LogP contribution is 2.24. The Labute approximate surface area is 161 Å². The van der Waals surface area contributed by atoms with E-state index in [1.807, 2.05) is 0 Å². The highest BCUT2D eigenvalue weighted by Gasteiger charge is 2.11. The van der Waals surface area contributed by atoms with Crippen molar-refractivity contribution >= 4 is 34.8 Å². The van der Waals surface area contributed by atoms with Crippen LogP contribution >= 0.6 is 23.2 Å². The lowest BCUT2D eigenvalue weighted by Gasteiger charge is -2.09. The average molecular weight is 397 g/mol. The first-order valence-electron chi connectivity index (χ1n) is 7.55. The molecule has 2 aromatic rings. The first-order valence-corrected chi connectivity index (χ1v) is 8.31. The van der Waals surface area contributed by atoms with Crippen LogP contribution in [0.5, 0.6) is 5.88 Å². The van der Waals surface area contributed by atoms with Crippen molar-refractivity contribution in [3.8, 4) is 11.6 Å². The third kappa shape index (κ3) is 5.24. The molecule has 1 amide bonds. The maximum Gasteiger partial charge on any atom is 0.275 e. The van der Waals surface area contributed by atoms with Crippen LogP contribution in [-0.2, 0) is 9.63 Å². The highest BCUT2D eigenvalue weighted by atomic mass is 35.5. The topological polar surface area (TPSA) is 69.0 Å². The lowest BCUT2D eigenvalue weighted by atomic mass is 10.3. The van der Waals surface area contributed by atoms with Crippen molar-refractivity contribution in [3.05, 3.63) is 52.7 Å². The molecule has 0 saturated heterocycles. The predicted octanol–water partition coefficient (Wildman–Crippen LogP) is 3.20. The molecular formula is C17H18Cl2N4O3. The molecule has 2 rings (SSSR count). The number of nitrogens with zero attached hydrogens (tertiary/aromatic N) is 4. The normalized spacial score (nSPS) is 11.7. The van der Waals surface area contributed by atoms with Gasteiger partial charge in [0.05, 0.1) is 10.7 Å². The SMILES string of the molecule is CON=C(C=CCOc1ccn(-c2ccc(Cl)cc2Cl)n1)C(=O)N(C)C. The van der Waals surface area contributed by atoms with Gasteiger partial charge in [0.25, 0.3) is 5.91 Å². The van der Waals surface area contributed by atoms with Crippen molar-refractivity contribution in [1.82, 2.24) is 14.7 Å². The van der Waals surface area contributed by atoms with E-state index in [1.165, 1.54) is 18.1 Å². The molecule has 0 aliphatic carbocycles. The van der Waals surface area contributed by atoms with Crippen molar-refractivity contribution in [1.29, 1.82) is 0 Å². The number of carbonyl (C=O) groups is 1. The second-order valence-corrected chi connectivity index (χ2v) is 6.11.